The van der Waals surface area contributed by atoms with Crippen molar-refractivity contribution >= 4 is 23.9 Å². The van der Waals surface area contributed by atoms with E-state index < -0.39 is 0 Å². The van der Waals surface area contributed by atoms with Gasteiger partial charge in [0.2, 0.25) is 5.75 Å². The van der Waals surface area contributed by atoms with Crippen LogP contribution >= 0.6 is 11.8 Å². The number of nitrogens with zero attached hydrogens (tertiary/aromatic N) is 4. The summed E-state index contributed by atoms with van der Waals surface area (Å²) in [6, 6.07) is 18.5. The van der Waals surface area contributed by atoms with E-state index in [1.54, 1.807) is 33.5 Å². The fourth-order valence-electron chi connectivity index (χ4n) is 3.82. The molecule has 3 aromatic carbocycles. The van der Waals surface area contributed by atoms with Crippen LogP contribution in [0.25, 0.3) is 17.1 Å². The molecule has 1 aromatic heterocycles. The average Bonchev–Trinajstić information content (AvgIpc) is 3.43. The van der Waals surface area contributed by atoms with Crippen LogP contribution in [0.3, 0.4) is 0 Å². The summed E-state index contributed by atoms with van der Waals surface area (Å²) in [5.74, 6) is 3.20. The van der Waals surface area contributed by atoms with Crippen LogP contribution in [0.2, 0.25) is 0 Å². The number of benzene rings is 3. The first kappa shape index (κ1) is 28.3. The van der Waals surface area contributed by atoms with Crippen molar-refractivity contribution in [1.29, 1.82) is 0 Å². The second kappa shape index (κ2) is 13.4. The SMILES string of the molecule is COc1ccc(-c2nnc(SCC(=O)N/N=C\c3ccc(OC)c(OC)c3OC)n2-c2ccc(OC)cc2)cc1. The fourth-order valence-corrected chi connectivity index (χ4v) is 4.56. The average molecular weight is 564 g/mol. The van der Waals surface area contributed by atoms with Crippen LogP contribution in [0.5, 0.6) is 28.7 Å². The van der Waals surface area contributed by atoms with Gasteiger partial charge in [-0.05, 0) is 60.7 Å². The van der Waals surface area contributed by atoms with Gasteiger partial charge in [-0.3, -0.25) is 9.36 Å². The number of hydrogen-bond acceptors (Lipinski definition) is 10. The summed E-state index contributed by atoms with van der Waals surface area (Å²) in [6.07, 6.45) is 1.48. The highest BCUT2D eigenvalue weighted by atomic mass is 32.2. The molecule has 1 heterocycles. The van der Waals surface area contributed by atoms with Crippen LogP contribution in [0.1, 0.15) is 5.56 Å². The predicted molar refractivity (Wildman–Crippen MR) is 152 cm³/mol. The lowest BCUT2D eigenvalue weighted by molar-refractivity contribution is -0.118. The first-order valence-electron chi connectivity index (χ1n) is 12.0. The molecule has 0 saturated carbocycles. The number of aromatic nitrogens is 3. The Kier molecular flexibility index (Phi) is 9.47. The number of hydrazone groups is 1. The Morgan fingerprint density at radius 1 is 0.825 bits per heavy atom. The molecule has 0 aliphatic heterocycles. The highest BCUT2D eigenvalue weighted by molar-refractivity contribution is 7.99. The van der Waals surface area contributed by atoms with Gasteiger partial charge in [0.1, 0.15) is 11.5 Å². The normalized spacial score (nSPS) is 10.8. The Morgan fingerprint density at radius 2 is 1.48 bits per heavy atom. The standard InChI is InChI=1S/C28H29N5O6S/c1-35-21-11-6-18(7-12-21)27-31-32-28(33(27)20-9-13-22(36-2)14-10-20)40-17-24(34)30-29-16-19-8-15-23(37-3)26(39-5)25(19)38-4/h6-16H,17H2,1-5H3,(H,30,34)/b29-16-. The molecule has 1 N–H and O–H groups in total. The van der Waals surface area contributed by atoms with Crippen molar-refractivity contribution in [2.45, 2.75) is 5.16 Å². The second-order valence-electron chi connectivity index (χ2n) is 8.07. The molecule has 1 amide bonds. The summed E-state index contributed by atoms with van der Waals surface area (Å²) in [7, 11) is 7.80. The van der Waals surface area contributed by atoms with Gasteiger partial charge in [-0.1, -0.05) is 11.8 Å². The van der Waals surface area contributed by atoms with Gasteiger partial charge in [0.05, 0.1) is 47.5 Å². The first-order valence-corrected chi connectivity index (χ1v) is 13.0. The maximum Gasteiger partial charge on any atom is 0.250 e. The van der Waals surface area contributed by atoms with Crippen LogP contribution in [-0.2, 0) is 4.79 Å². The van der Waals surface area contributed by atoms with Crippen LogP contribution < -0.4 is 29.1 Å². The summed E-state index contributed by atoms with van der Waals surface area (Å²) < 4.78 is 28.6. The number of amides is 1. The molecule has 208 valence electrons. The van der Waals surface area contributed by atoms with Crippen molar-refractivity contribution in [1.82, 2.24) is 20.2 Å². The van der Waals surface area contributed by atoms with Crippen molar-refractivity contribution in [2.24, 2.45) is 5.10 Å². The zero-order valence-corrected chi connectivity index (χ0v) is 23.5. The lowest BCUT2D eigenvalue weighted by atomic mass is 10.2. The Bertz CT molecular complexity index is 1470. The molecule has 0 aliphatic rings. The Morgan fingerprint density at radius 3 is 2.08 bits per heavy atom. The van der Waals surface area contributed by atoms with E-state index in [0.29, 0.717) is 33.8 Å². The summed E-state index contributed by atoms with van der Waals surface area (Å²) in [4.78, 5) is 12.7. The minimum atomic E-state index is -0.323. The van der Waals surface area contributed by atoms with Gasteiger partial charge >= 0.3 is 0 Å². The van der Waals surface area contributed by atoms with Gasteiger partial charge in [-0.15, -0.1) is 10.2 Å². The lowest BCUT2D eigenvalue weighted by Gasteiger charge is -2.13. The Balaban J connectivity index is 1.52. The molecule has 4 aromatic rings. The third-order valence-corrected chi connectivity index (χ3v) is 6.70. The molecule has 12 heteroatoms. The van der Waals surface area contributed by atoms with Crippen molar-refractivity contribution in [3.63, 3.8) is 0 Å². The zero-order chi connectivity index (χ0) is 28.5. The molecule has 0 unspecified atom stereocenters. The van der Waals surface area contributed by atoms with Gasteiger partial charge in [-0.25, -0.2) is 5.43 Å². The molecule has 40 heavy (non-hydrogen) atoms. The number of carbonyl (C=O) groups excluding carboxylic acids is 1. The Labute approximate surface area is 236 Å². The third kappa shape index (κ3) is 6.29. The third-order valence-electron chi connectivity index (χ3n) is 5.77. The topological polar surface area (TPSA) is 118 Å². The minimum Gasteiger partial charge on any atom is -0.497 e. The van der Waals surface area contributed by atoms with E-state index in [1.165, 1.54) is 32.2 Å². The quantitative estimate of drug-likeness (QED) is 0.154. The molecule has 0 fully saturated rings. The Hall–Kier alpha value is -4.71. The number of methoxy groups -OCH3 is 5. The van der Waals surface area contributed by atoms with E-state index >= 15 is 0 Å². The van der Waals surface area contributed by atoms with E-state index in [9.17, 15) is 4.79 Å². The molecule has 11 nitrogen and oxygen atoms in total. The number of nitrogens with one attached hydrogen (secondary N) is 1. The second-order valence-corrected chi connectivity index (χ2v) is 9.02. The van der Waals surface area contributed by atoms with E-state index in [0.717, 1.165) is 22.7 Å². The number of ether oxygens (including phenoxy) is 5. The van der Waals surface area contributed by atoms with Gasteiger partial charge in [0.15, 0.2) is 22.5 Å². The van der Waals surface area contributed by atoms with E-state index in [4.69, 9.17) is 23.7 Å². The first-order chi connectivity index (χ1) is 19.5. The van der Waals surface area contributed by atoms with E-state index in [1.807, 2.05) is 53.1 Å². The van der Waals surface area contributed by atoms with Gasteiger partial charge < -0.3 is 23.7 Å². The molecule has 0 spiro atoms. The molecule has 0 aliphatic carbocycles. The minimum absolute atomic E-state index is 0.0529. The molecular formula is C28H29N5O6S. The van der Waals surface area contributed by atoms with Crippen molar-refractivity contribution < 1.29 is 28.5 Å². The zero-order valence-electron chi connectivity index (χ0n) is 22.7. The summed E-state index contributed by atoms with van der Waals surface area (Å²) in [5.41, 5.74) is 4.81. The maximum absolute atomic E-state index is 12.7. The molecule has 0 radical (unpaired) electrons. The smallest absolute Gasteiger partial charge is 0.250 e. The lowest BCUT2D eigenvalue weighted by Crippen LogP contribution is -2.20. The predicted octanol–water partition coefficient (Wildman–Crippen LogP) is 4.22. The monoisotopic (exact) mass is 563 g/mol. The van der Waals surface area contributed by atoms with Crippen molar-refractivity contribution in [3.8, 4) is 45.8 Å². The van der Waals surface area contributed by atoms with E-state index in [2.05, 4.69) is 20.7 Å². The maximum atomic E-state index is 12.7. The largest absolute Gasteiger partial charge is 0.497 e. The molecule has 4 rings (SSSR count). The number of thioether (sulfide) groups is 1. The molecule has 0 atom stereocenters. The highest BCUT2D eigenvalue weighted by Crippen LogP contribution is 2.39. The van der Waals surface area contributed by atoms with Crippen LogP contribution in [-0.4, -0.2) is 68.2 Å². The number of carbonyl (C=O) groups is 1. The number of hydrogen-bond donors (Lipinski definition) is 1. The summed E-state index contributed by atoms with van der Waals surface area (Å²) in [5, 5.41) is 13.4. The van der Waals surface area contributed by atoms with Crippen LogP contribution in [0.4, 0.5) is 0 Å². The van der Waals surface area contributed by atoms with Crippen LogP contribution in [0.15, 0.2) is 70.9 Å². The van der Waals surface area contributed by atoms with Crippen LogP contribution in [0, 0.1) is 0 Å². The fraction of sp³-hybridized carbons (Fsp3) is 0.214. The summed E-state index contributed by atoms with van der Waals surface area (Å²) in [6.45, 7) is 0. The van der Waals surface area contributed by atoms with E-state index in [-0.39, 0.29) is 11.7 Å². The number of rotatable bonds is 12. The molecule has 0 bridgehead atoms. The highest BCUT2D eigenvalue weighted by Gasteiger charge is 2.18. The molecular weight excluding hydrogens is 534 g/mol. The summed E-state index contributed by atoms with van der Waals surface area (Å²) >= 11 is 1.23. The van der Waals surface area contributed by atoms with Crippen molar-refractivity contribution in [2.75, 3.05) is 41.3 Å². The molecule has 0 saturated heterocycles. The van der Waals surface area contributed by atoms with Gasteiger partial charge in [0.25, 0.3) is 5.91 Å². The van der Waals surface area contributed by atoms with Gasteiger partial charge in [0, 0.05) is 16.8 Å². The van der Waals surface area contributed by atoms with Gasteiger partial charge in [-0.2, -0.15) is 5.10 Å². The van der Waals surface area contributed by atoms with Crippen molar-refractivity contribution in [3.05, 3.63) is 66.2 Å².